The van der Waals surface area contributed by atoms with E-state index < -0.39 is 5.91 Å². The molecule has 7 nitrogen and oxygen atoms in total. The van der Waals surface area contributed by atoms with Crippen molar-refractivity contribution in [1.82, 2.24) is 21.2 Å². The third-order valence-corrected chi connectivity index (χ3v) is 6.82. The highest BCUT2D eigenvalue weighted by Crippen LogP contribution is 2.60. The lowest BCUT2D eigenvalue weighted by atomic mass is 9.49. The highest BCUT2D eigenvalue weighted by molar-refractivity contribution is 9.10. The summed E-state index contributed by atoms with van der Waals surface area (Å²) in [4.78, 5) is 39.4. The molecule has 27 heavy (non-hydrogen) atoms. The molecular weight excluding hydrogens is 412 g/mol. The summed E-state index contributed by atoms with van der Waals surface area (Å²) in [7, 11) is 0. The minimum atomic E-state index is -0.424. The summed E-state index contributed by atoms with van der Waals surface area (Å²) in [6.45, 7) is 0.288. The topological polar surface area (TPSA) is 103 Å². The molecule has 146 valence electrons. The van der Waals surface area contributed by atoms with Crippen LogP contribution < -0.4 is 16.2 Å². The molecule has 0 spiro atoms. The van der Waals surface area contributed by atoms with E-state index in [0.29, 0.717) is 23.4 Å². The zero-order valence-corrected chi connectivity index (χ0v) is 16.7. The van der Waals surface area contributed by atoms with E-state index in [0.717, 1.165) is 23.7 Å². The van der Waals surface area contributed by atoms with Gasteiger partial charge in [0.2, 0.25) is 11.8 Å². The lowest BCUT2D eigenvalue weighted by molar-refractivity contribution is -0.146. The Morgan fingerprint density at radius 1 is 1.07 bits per heavy atom. The SMILES string of the molecule is O=C(CCNC(=O)C12CC3CC(CC(C3)C1)C2)NNC(=O)c1cc(Br)c[nH]1. The van der Waals surface area contributed by atoms with Gasteiger partial charge < -0.3 is 10.3 Å². The molecule has 3 amide bonds. The fourth-order valence-corrected chi connectivity index (χ4v) is 5.96. The number of carbonyl (C=O) groups is 3. The van der Waals surface area contributed by atoms with Crippen molar-refractivity contribution in [1.29, 1.82) is 0 Å². The molecule has 0 aliphatic heterocycles. The van der Waals surface area contributed by atoms with E-state index in [9.17, 15) is 14.4 Å². The van der Waals surface area contributed by atoms with Crippen LogP contribution in [-0.4, -0.2) is 29.3 Å². The van der Waals surface area contributed by atoms with Gasteiger partial charge >= 0.3 is 0 Å². The maximum Gasteiger partial charge on any atom is 0.286 e. The van der Waals surface area contributed by atoms with Crippen molar-refractivity contribution in [2.75, 3.05) is 6.54 Å². The molecule has 4 aliphatic rings. The van der Waals surface area contributed by atoms with Gasteiger partial charge in [-0.2, -0.15) is 0 Å². The number of halogens is 1. The Kier molecular flexibility index (Phi) is 5.01. The zero-order chi connectivity index (χ0) is 19.0. The van der Waals surface area contributed by atoms with E-state index in [1.165, 1.54) is 19.3 Å². The Bertz CT molecular complexity index is 725. The monoisotopic (exact) mass is 436 g/mol. The second kappa shape index (κ2) is 7.30. The van der Waals surface area contributed by atoms with Gasteiger partial charge in [-0.15, -0.1) is 0 Å². The van der Waals surface area contributed by atoms with Gasteiger partial charge in [0.1, 0.15) is 5.69 Å². The molecular formula is C19H25BrN4O3. The molecule has 0 atom stereocenters. The molecule has 4 N–H and O–H groups in total. The summed E-state index contributed by atoms with van der Waals surface area (Å²) in [5.41, 5.74) is 4.88. The highest BCUT2D eigenvalue weighted by atomic mass is 79.9. The van der Waals surface area contributed by atoms with E-state index in [1.54, 1.807) is 12.3 Å². The molecule has 1 aromatic heterocycles. The van der Waals surface area contributed by atoms with Gasteiger partial charge in [0, 0.05) is 29.1 Å². The molecule has 4 aliphatic carbocycles. The normalized spacial score (nSPS) is 30.8. The van der Waals surface area contributed by atoms with Crippen LogP contribution in [0.2, 0.25) is 0 Å². The first kappa shape index (κ1) is 18.5. The minimum absolute atomic E-state index is 0.120. The molecule has 5 rings (SSSR count). The Hall–Kier alpha value is -1.83. The van der Waals surface area contributed by atoms with Crippen molar-refractivity contribution < 1.29 is 14.4 Å². The summed E-state index contributed by atoms with van der Waals surface area (Å²) >= 11 is 3.25. The zero-order valence-electron chi connectivity index (χ0n) is 15.1. The number of nitrogens with one attached hydrogen (secondary N) is 4. The van der Waals surface area contributed by atoms with E-state index in [2.05, 4.69) is 37.1 Å². The average molecular weight is 437 g/mol. The number of carbonyl (C=O) groups excluding carboxylic acids is 3. The van der Waals surface area contributed by atoms with Crippen LogP contribution >= 0.6 is 15.9 Å². The standard InChI is InChI=1S/C19H25BrN4O3/c20-14-6-15(22-10-14)17(26)24-23-16(25)1-2-21-18(27)19-7-11-3-12(8-19)5-13(4-11)9-19/h6,10-13,22H,1-5,7-9H2,(H,21,27)(H,23,25)(H,24,26). The maximum absolute atomic E-state index is 12.8. The van der Waals surface area contributed by atoms with Crippen molar-refractivity contribution in [3.05, 3.63) is 22.4 Å². The third kappa shape index (κ3) is 3.90. The van der Waals surface area contributed by atoms with Crippen molar-refractivity contribution in [3.63, 3.8) is 0 Å². The molecule has 8 heteroatoms. The number of aromatic nitrogens is 1. The number of H-pyrrole nitrogens is 1. The van der Waals surface area contributed by atoms with E-state index in [1.807, 2.05) is 0 Å². The van der Waals surface area contributed by atoms with Crippen LogP contribution in [0.3, 0.4) is 0 Å². The third-order valence-electron chi connectivity index (χ3n) is 6.37. The van der Waals surface area contributed by atoms with Crippen LogP contribution in [0.5, 0.6) is 0 Å². The van der Waals surface area contributed by atoms with Crippen LogP contribution in [0.15, 0.2) is 16.7 Å². The summed E-state index contributed by atoms with van der Waals surface area (Å²) in [5, 5.41) is 2.97. The number of amides is 3. The Morgan fingerprint density at radius 3 is 2.26 bits per heavy atom. The van der Waals surface area contributed by atoms with Gasteiger partial charge in [0.15, 0.2) is 0 Å². The molecule has 4 fully saturated rings. The van der Waals surface area contributed by atoms with Gasteiger partial charge in [-0.25, -0.2) is 0 Å². The predicted molar refractivity (Wildman–Crippen MR) is 102 cm³/mol. The second-order valence-corrected chi connectivity index (χ2v) is 9.35. The minimum Gasteiger partial charge on any atom is -0.356 e. The quantitative estimate of drug-likeness (QED) is 0.532. The number of aromatic amines is 1. The number of hydrogen-bond donors (Lipinski definition) is 4. The molecule has 0 saturated heterocycles. The average Bonchev–Trinajstić information content (AvgIpc) is 3.05. The molecule has 4 saturated carbocycles. The van der Waals surface area contributed by atoms with Crippen LogP contribution in [0.25, 0.3) is 0 Å². The Balaban J connectivity index is 1.20. The van der Waals surface area contributed by atoms with E-state index in [-0.39, 0.29) is 30.2 Å². The van der Waals surface area contributed by atoms with Crippen molar-refractivity contribution in [3.8, 4) is 0 Å². The summed E-state index contributed by atoms with van der Waals surface area (Å²) in [6, 6.07) is 1.62. The summed E-state index contributed by atoms with van der Waals surface area (Å²) < 4.78 is 0.756. The maximum atomic E-state index is 12.8. The van der Waals surface area contributed by atoms with Gasteiger partial charge in [-0.05, 0) is 78.3 Å². The van der Waals surface area contributed by atoms with Gasteiger partial charge in [0.25, 0.3) is 5.91 Å². The largest absolute Gasteiger partial charge is 0.356 e. The smallest absolute Gasteiger partial charge is 0.286 e. The first-order chi connectivity index (χ1) is 12.9. The highest BCUT2D eigenvalue weighted by Gasteiger charge is 2.54. The van der Waals surface area contributed by atoms with Crippen molar-refractivity contribution >= 4 is 33.7 Å². The van der Waals surface area contributed by atoms with Crippen LogP contribution in [0, 0.1) is 23.2 Å². The first-order valence-corrected chi connectivity index (χ1v) is 10.4. The number of hydrazine groups is 1. The predicted octanol–water partition coefficient (Wildman–Crippen LogP) is 2.26. The number of rotatable bonds is 5. The van der Waals surface area contributed by atoms with Gasteiger partial charge in [-0.1, -0.05) is 0 Å². The molecule has 4 bridgehead atoms. The molecule has 1 aromatic rings. The van der Waals surface area contributed by atoms with Gasteiger partial charge in [-0.3, -0.25) is 25.2 Å². The van der Waals surface area contributed by atoms with Gasteiger partial charge in [0.05, 0.1) is 0 Å². The van der Waals surface area contributed by atoms with E-state index >= 15 is 0 Å². The Labute approximate surface area is 166 Å². The fourth-order valence-electron chi connectivity index (χ4n) is 5.62. The van der Waals surface area contributed by atoms with Crippen LogP contribution in [0.1, 0.15) is 55.4 Å². The van der Waals surface area contributed by atoms with Crippen molar-refractivity contribution in [2.45, 2.75) is 44.9 Å². The molecule has 0 unspecified atom stereocenters. The first-order valence-electron chi connectivity index (χ1n) is 9.65. The molecule has 0 aromatic carbocycles. The van der Waals surface area contributed by atoms with Crippen LogP contribution in [-0.2, 0) is 9.59 Å². The Morgan fingerprint density at radius 2 is 1.70 bits per heavy atom. The van der Waals surface area contributed by atoms with E-state index in [4.69, 9.17) is 0 Å². The van der Waals surface area contributed by atoms with Crippen LogP contribution in [0.4, 0.5) is 0 Å². The fraction of sp³-hybridized carbons (Fsp3) is 0.632. The number of hydrogen-bond acceptors (Lipinski definition) is 3. The molecule has 0 radical (unpaired) electrons. The molecule has 1 heterocycles. The summed E-state index contributed by atoms with van der Waals surface area (Å²) in [6.07, 6.45) is 8.70. The lowest BCUT2D eigenvalue weighted by Gasteiger charge is -2.55. The summed E-state index contributed by atoms with van der Waals surface area (Å²) in [5.74, 6) is 1.51. The van der Waals surface area contributed by atoms with Crippen molar-refractivity contribution in [2.24, 2.45) is 23.2 Å². The second-order valence-electron chi connectivity index (χ2n) is 8.44. The lowest BCUT2D eigenvalue weighted by Crippen LogP contribution is -2.54.